The molecule has 0 atom stereocenters. The molecule has 0 aliphatic heterocycles. The molecule has 0 saturated carbocycles. The normalized spacial score (nSPS) is 11.0. The van der Waals surface area contributed by atoms with Gasteiger partial charge in [-0.3, -0.25) is 4.79 Å². The maximum Gasteiger partial charge on any atom is 0.266 e. The summed E-state index contributed by atoms with van der Waals surface area (Å²) in [6.45, 7) is 0.187. The summed E-state index contributed by atoms with van der Waals surface area (Å²) in [6.07, 6.45) is 1.39. The van der Waals surface area contributed by atoms with E-state index >= 15 is 0 Å². The van der Waals surface area contributed by atoms with Crippen LogP contribution >= 0.6 is 45.8 Å². The van der Waals surface area contributed by atoms with Gasteiger partial charge in [-0.15, -0.1) is 0 Å². The van der Waals surface area contributed by atoms with Gasteiger partial charge >= 0.3 is 0 Å². The zero-order valence-corrected chi connectivity index (χ0v) is 20.8. The van der Waals surface area contributed by atoms with E-state index in [2.05, 4.69) is 27.9 Å². The molecule has 0 fully saturated rings. The maximum atomic E-state index is 13.8. The average molecular weight is 597 g/mol. The van der Waals surface area contributed by atoms with Crippen molar-refractivity contribution < 1.29 is 18.7 Å². The Morgan fingerprint density at radius 1 is 1.21 bits per heavy atom. The van der Waals surface area contributed by atoms with Crippen LogP contribution in [0.5, 0.6) is 11.5 Å². The van der Waals surface area contributed by atoms with Gasteiger partial charge in [-0.05, 0) is 70.6 Å². The highest BCUT2D eigenvalue weighted by atomic mass is 127. The van der Waals surface area contributed by atoms with Gasteiger partial charge in [-0.2, -0.15) is 5.26 Å². The molecular formula is C24H16Cl2FIN2O3. The SMILES string of the molecule is COc1cc(/C=C(/C#N)C(=O)Nc2ccccc2F)cc(I)c1OCc1ccc(Cl)cc1Cl. The van der Waals surface area contributed by atoms with Crippen LogP contribution in [-0.2, 0) is 11.4 Å². The molecule has 5 nitrogen and oxygen atoms in total. The van der Waals surface area contributed by atoms with Crippen LogP contribution in [0.3, 0.4) is 0 Å². The molecule has 0 bridgehead atoms. The molecule has 3 aromatic rings. The number of nitriles is 1. The predicted octanol–water partition coefficient (Wildman–Crippen LogP) is 6.87. The molecule has 0 heterocycles. The number of hydrogen-bond donors (Lipinski definition) is 1. The third-order valence-electron chi connectivity index (χ3n) is 4.44. The van der Waals surface area contributed by atoms with Gasteiger partial charge in [-0.1, -0.05) is 41.4 Å². The van der Waals surface area contributed by atoms with Crippen LogP contribution in [0.2, 0.25) is 10.0 Å². The molecule has 33 heavy (non-hydrogen) atoms. The molecule has 0 aliphatic carbocycles. The van der Waals surface area contributed by atoms with Gasteiger partial charge < -0.3 is 14.8 Å². The Hall–Kier alpha value is -2.80. The first kappa shape index (κ1) is 24.8. The van der Waals surface area contributed by atoms with Gasteiger partial charge in [-0.25, -0.2) is 4.39 Å². The Balaban J connectivity index is 1.84. The lowest BCUT2D eigenvalue weighted by atomic mass is 10.1. The summed E-state index contributed by atoms with van der Waals surface area (Å²) in [5.74, 6) is -0.434. The van der Waals surface area contributed by atoms with Crippen LogP contribution in [0.25, 0.3) is 6.08 Å². The second-order valence-electron chi connectivity index (χ2n) is 6.66. The standard InChI is InChI=1S/C24H16Cl2FIN2O3/c1-32-22-10-14(8-16(12-29)24(31)30-21-5-3-2-4-19(21)27)9-20(28)23(22)33-13-15-6-7-17(25)11-18(15)26/h2-11H,13H2,1H3,(H,30,31)/b16-8-. The lowest BCUT2D eigenvalue weighted by Gasteiger charge is -2.14. The highest BCUT2D eigenvalue weighted by Crippen LogP contribution is 2.36. The first-order chi connectivity index (χ1) is 15.8. The molecule has 0 saturated heterocycles. The molecule has 3 aromatic carbocycles. The largest absolute Gasteiger partial charge is 0.493 e. The molecule has 1 N–H and O–H groups in total. The summed E-state index contributed by atoms with van der Waals surface area (Å²) in [5.41, 5.74) is 1.07. The second kappa shape index (κ2) is 11.4. The summed E-state index contributed by atoms with van der Waals surface area (Å²) in [7, 11) is 1.48. The number of benzene rings is 3. The van der Waals surface area contributed by atoms with Crippen molar-refractivity contribution in [1.82, 2.24) is 0 Å². The van der Waals surface area contributed by atoms with Crippen LogP contribution in [0.15, 0.2) is 60.2 Å². The van der Waals surface area contributed by atoms with Gasteiger partial charge in [0.2, 0.25) is 0 Å². The van der Waals surface area contributed by atoms with Crippen LogP contribution in [0.1, 0.15) is 11.1 Å². The summed E-state index contributed by atoms with van der Waals surface area (Å²) in [4.78, 5) is 12.5. The number of hydrogen-bond acceptors (Lipinski definition) is 4. The number of ether oxygens (including phenoxy) is 2. The van der Waals surface area contributed by atoms with Gasteiger partial charge in [0.1, 0.15) is 24.1 Å². The van der Waals surface area contributed by atoms with Gasteiger partial charge in [0.15, 0.2) is 11.5 Å². The fourth-order valence-corrected chi connectivity index (χ4v) is 4.06. The smallest absolute Gasteiger partial charge is 0.266 e. The van der Waals surface area contributed by atoms with E-state index < -0.39 is 11.7 Å². The lowest BCUT2D eigenvalue weighted by molar-refractivity contribution is -0.112. The van der Waals surface area contributed by atoms with E-state index in [-0.39, 0.29) is 17.9 Å². The average Bonchev–Trinajstić information content (AvgIpc) is 2.78. The molecule has 0 spiro atoms. The van der Waals surface area contributed by atoms with Gasteiger partial charge in [0, 0.05) is 15.6 Å². The maximum absolute atomic E-state index is 13.8. The van der Waals surface area contributed by atoms with Gasteiger partial charge in [0.05, 0.1) is 16.4 Å². The Labute approximate surface area is 213 Å². The minimum atomic E-state index is -0.728. The fourth-order valence-electron chi connectivity index (χ4n) is 2.82. The van der Waals surface area contributed by atoms with Crippen molar-refractivity contribution in [1.29, 1.82) is 5.26 Å². The van der Waals surface area contributed by atoms with Crippen LogP contribution < -0.4 is 14.8 Å². The van der Waals surface area contributed by atoms with Crippen LogP contribution in [-0.4, -0.2) is 13.0 Å². The van der Waals surface area contributed by atoms with E-state index in [9.17, 15) is 14.4 Å². The minimum absolute atomic E-state index is 0.0135. The lowest BCUT2D eigenvalue weighted by Crippen LogP contribution is -2.14. The van der Waals surface area contributed by atoms with Crippen molar-refractivity contribution in [3.8, 4) is 17.6 Å². The van der Waals surface area contributed by atoms with E-state index in [0.717, 1.165) is 5.56 Å². The number of anilines is 1. The highest BCUT2D eigenvalue weighted by molar-refractivity contribution is 14.1. The Morgan fingerprint density at radius 2 is 1.97 bits per heavy atom. The molecule has 0 unspecified atom stereocenters. The van der Waals surface area contributed by atoms with Gasteiger partial charge in [0.25, 0.3) is 5.91 Å². The van der Waals surface area contributed by atoms with E-state index in [4.69, 9.17) is 32.7 Å². The quantitative estimate of drug-likeness (QED) is 0.184. The van der Waals surface area contributed by atoms with E-state index in [0.29, 0.717) is 30.7 Å². The molecule has 9 heteroatoms. The summed E-state index contributed by atoms with van der Waals surface area (Å²) in [6, 6.07) is 16.0. The Kier molecular flexibility index (Phi) is 8.55. The number of nitrogens with one attached hydrogen (secondary N) is 1. The van der Waals surface area contributed by atoms with Crippen LogP contribution in [0, 0.1) is 20.7 Å². The van der Waals surface area contributed by atoms with Crippen molar-refractivity contribution >= 4 is 63.5 Å². The minimum Gasteiger partial charge on any atom is -0.493 e. The number of nitrogens with zero attached hydrogens (tertiary/aromatic N) is 1. The second-order valence-corrected chi connectivity index (χ2v) is 8.67. The number of carbonyl (C=O) groups excluding carboxylic acids is 1. The molecule has 0 aromatic heterocycles. The van der Waals surface area contributed by atoms with Crippen molar-refractivity contribution in [3.63, 3.8) is 0 Å². The number of halogens is 4. The van der Waals surface area contributed by atoms with Crippen molar-refractivity contribution in [3.05, 3.63) is 90.7 Å². The summed E-state index contributed by atoms with van der Waals surface area (Å²) < 4.78 is 25.9. The number of methoxy groups -OCH3 is 1. The number of carbonyl (C=O) groups is 1. The Bertz CT molecular complexity index is 1280. The monoisotopic (exact) mass is 596 g/mol. The third kappa shape index (κ3) is 6.38. The third-order valence-corrected chi connectivity index (χ3v) is 5.83. The molecular weight excluding hydrogens is 581 g/mol. The Morgan fingerprint density at radius 3 is 2.64 bits per heavy atom. The zero-order chi connectivity index (χ0) is 24.0. The predicted molar refractivity (Wildman–Crippen MR) is 135 cm³/mol. The van der Waals surface area contributed by atoms with Crippen LogP contribution in [0.4, 0.5) is 10.1 Å². The number of rotatable bonds is 7. The van der Waals surface area contributed by atoms with Crippen molar-refractivity contribution in [2.75, 3.05) is 12.4 Å². The van der Waals surface area contributed by atoms with E-state index in [1.165, 1.54) is 31.4 Å². The summed E-state index contributed by atoms with van der Waals surface area (Å²) >= 11 is 14.2. The fraction of sp³-hybridized carbons (Fsp3) is 0.0833. The molecule has 0 radical (unpaired) electrons. The first-order valence-corrected chi connectivity index (χ1v) is 11.3. The molecule has 0 aliphatic rings. The zero-order valence-electron chi connectivity index (χ0n) is 17.2. The highest BCUT2D eigenvalue weighted by Gasteiger charge is 2.15. The first-order valence-electron chi connectivity index (χ1n) is 9.44. The van der Waals surface area contributed by atoms with Crippen molar-refractivity contribution in [2.45, 2.75) is 6.61 Å². The summed E-state index contributed by atoms with van der Waals surface area (Å²) in [5, 5.41) is 12.9. The van der Waals surface area contributed by atoms with E-state index in [1.807, 2.05) is 6.07 Å². The molecule has 168 valence electrons. The molecule has 3 rings (SSSR count). The topological polar surface area (TPSA) is 71.3 Å². The van der Waals surface area contributed by atoms with Crippen molar-refractivity contribution in [2.24, 2.45) is 0 Å². The number of para-hydroxylation sites is 1. The number of amides is 1. The van der Waals surface area contributed by atoms with E-state index in [1.54, 1.807) is 36.4 Å². The molecule has 1 amide bonds.